The van der Waals surface area contributed by atoms with Crippen LogP contribution in [-0.2, 0) is 10.0 Å². The van der Waals surface area contributed by atoms with Crippen molar-refractivity contribution in [1.29, 1.82) is 0 Å². The number of hydrogen-bond acceptors (Lipinski definition) is 4. The lowest BCUT2D eigenvalue weighted by atomic mass is 9.99. The van der Waals surface area contributed by atoms with Gasteiger partial charge in [0.25, 0.3) is 0 Å². The van der Waals surface area contributed by atoms with Crippen LogP contribution in [0, 0.1) is 0 Å². The normalized spacial score (nSPS) is 18.5. The first-order valence-electron chi connectivity index (χ1n) is 9.53. The first kappa shape index (κ1) is 18.9. The Labute approximate surface area is 166 Å². The minimum absolute atomic E-state index is 0.148. The lowest BCUT2D eigenvalue weighted by Crippen LogP contribution is -2.34. The Morgan fingerprint density at radius 3 is 2.50 bits per heavy atom. The number of hydrogen-bond donors (Lipinski definition) is 2. The molecule has 0 aromatic heterocycles. The van der Waals surface area contributed by atoms with Crippen molar-refractivity contribution in [1.82, 2.24) is 5.32 Å². The summed E-state index contributed by atoms with van der Waals surface area (Å²) in [5.41, 5.74) is 2.34. The van der Waals surface area contributed by atoms with Gasteiger partial charge in [-0.15, -0.1) is 0 Å². The van der Waals surface area contributed by atoms with Gasteiger partial charge in [-0.3, -0.25) is 0 Å². The van der Waals surface area contributed by atoms with E-state index in [1.54, 1.807) is 12.1 Å². The average molecular weight is 396 g/mol. The summed E-state index contributed by atoms with van der Waals surface area (Å²) in [7, 11) is -3.65. The molecule has 28 heavy (non-hydrogen) atoms. The van der Waals surface area contributed by atoms with E-state index in [-0.39, 0.29) is 10.9 Å². The number of fused-ring (bicyclic) bond motifs is 1. The number of primary sulfonamides is 1. The van der Waals surface area contributed by atoms with Crippen LogP contribution in [0.5, 0.6) is 0 Å². The highest BCUT2D eigenvalue weighted by Crippen LogP contribution is 2.27. The molecule has 3 N–H and O–H groups in total. The molecule has 1 saturated heterocycles. The fourth-order valence-corrected chi connectivity index (χ4v) is 4.56. The van der Waals surface area contributed by atoms with Crippen LogP contribution in [0.1, 0.15) is 24.9 Å². The maximum Gasteiger partial charge on any atom is 0.238 e. The van der Waals surface area contributed by atoms with Gasteiger partial charge in [0.1, 0.15) is 0 Å². The van der Waals surface area contributed by atoms with Crippen LogP contribution in [0.15, 0.2) is 71.6 Å². The molecule has 5 nitrogen and oxygen atoms in total. The summed E-state index contributed by atoms with van der Waals surface area (Å²) in [5, 5.41) is 11.5. The van der Waals surface area contributed by atoms with Gasteiger partial charge in [0.05, 0.1) is 4.90 Å². The van der Waals surface area contributed by atoms with Gasteiger partial charge in [-0.2, -0.15) is 0 Å². The molecule has 0 saturated carbocycles. The van der Waals surface area contributed by atoms with Gasteiger partial charge < -0.3 is 10.2 Å². The number of nitrogens with two attached hydrogens (primary N) is 1. The van der Waals surface area contributed by atoms with E-state index < -0.39 is 10.0 Å². The Kier molecular flexibility index (Phi) is 5.10. The van der Waals surface area contributed by atoms with Crippen molar-refractivity contribution in [2.45, 2.75) is 30.3 Å². The fraction of sp³-hybridized carbons (Fsp3) is 0.273. The van der Waals surface area contributed by atoms with Gasteiger partial charge in [0.15, 0.2) is 0 Å². The monoisotopic (exact) mass is 395 g/mol. The Bertz CT molecular complexity index is 1080. The van der Waals surface area contributed by atoms with Crippen molar-refractivity contribution >= 4 is 26.5 Å². The Hall–Kier alpha value is -2.41. The van der Waals surface area contributed by atoms with Gasteiger partial charge in [-0.1, -0.05) is 42.5 Å². The van der Waals surface area contributed by atoms with Crippen molar-refractivity contribution < 1.29 is 8.42 Å². The molecule has 0 aliphatic carbocycles. The second kappa shape index (κ2) is 7.54. The first-order chi connectivity index (χ1) is 13.4. The number of rotatable bonds is 5. The molecule has 146 valence electrons. The standard InChI is InChI=1S/C22H25N3O2S/c1-16(21-8-4-6-17-5-2-3-7-22(17)21)24-18-13-14-25(15-18)19-9-11-20(12-10-19)28(23,26)27/h2-12,16,18,24H,13-15H2,1H3,(H2,23,26,27)/t16-,18+/m1/s1. The van der Waals surface area contributed by atoms with Gasteiger partial charge in [-0.25, -0.2) is 13.6 Å². The van der Waals surface area contributed by atoms with E-state index in [9.17, 15) is 8.42 Å². The number of nitrogens with zero attached hydrogens (tertiary/aromatic N) is 1. The summed E-state index contributed by atoms with van der Waals surface area (Å²) in [5.74, 6) is 0. The summed E-state index contributed by atoms with van der Waals surface area (Å²) in [4.78, 5) is 2.43. The molecule has 0 radical (unpaired) electrons. The van der Waals surface area contributed by atoms with E-state index in [0.717, 1.165) is 25.2 Å². The van der Waals surface area contributed by atoms with Gasteiger partial charge >= 0.3 is 0 Å². The second-order valence-corrected chi connectivity index (χ2v) is 8.99. The molecule has 3 aromatic rings. The van der Waals surface area contributed by atoms with E-state index in [4.69, 9.17) is 5.14 Å². The summed E-state index contributed by atoms with van der Waals surface area (Å²) in [6.45, 7) is 4.05. The predicted octanol–water partition coefficient (Wildman–Crippen LogP) is 3.42. The summed E-state index contributed by atoms with van der Waals surface area (Å²) >= 11 is 0. The van der Waals surface area contributed by atoms with Crippen molar-refractivity contribution in [3.05, 3.63) is 72.3 Å². The number of anilines is 1. The summed E-state index contributed by atoms with van der Waals surface area (Å²) in [6, 6.07) is 22.4. The zero-order chi connectivity index (χ0) is 19.7. The van der Waals surface area contributed by atoms with E-state index in [2.05, 4.69) is 59.6 Å². The molecule has 1 aliphatic heterocycles. The van der Waals surface area contributed by atoms with E-state index >= 15 is 0 Å². The van der Waals surface area contributed by atoms with Crippen molar-refractivity contribution in [2.24, 2.45) is 5.14 Å². The first-order valence-corrected chi connectivity index (χ1v) is 11.1. The summed E-state index contributed by atoms with van der Waals surface area (Å²) in [6.07, 6.45) is 1.05. The lowest BCUT2D eigenvalue weighted by molar-refractivity contribution is 0.483. The van der Waals surface area contributed by atoms with Crippen molar-refractivity contribution in [3.8, 4) is 0 Å². The zero-order valence-electron chi connectivity index (χ0n) is 15.9. The van der Waals surface area contributed by atoms with Crippen LogP contribution in [0.4, 0.5) is 5.69 Å². The lowest BCUT2D eigenvalue weighted by Gasteiger charge is -2.23. The molecule has 1 fully saturated rings. The van der Waals surface area contributed by atoms with Crippen LogP contribution < -0.4 is 15.4 Å². The van der Waals surface area contributed by atoms with E-state index in [1.165, 1.54) is 16.3 Å². The van der Waals surface area contributed by atoms with Gasteiger partial charge in [0.2, 0.25) is 10.0 Å². The number of benzene rings is 3. The molecule has 0 spiro atoms. The molecule has 3 aromatic carbocycles. The quantitative estimate of drug-likeness (QED) is 0.694. The summed E-state index contributed by atoms with van der Waals surface area (Å²) < 4.78 is 22.8. The molecule has 6 heteroatoms. The third-order valence-corrected chi connectivity index (χ3v) is 6.42. The van der Waals surface area contributed by atoms with Gasteiger partial charge in [-0.05, 0) is 53.9 Å². The Morgan fingerprint density at radius 2 is 1.75 bits per heavy atom. The molecule has 0 amide bonds. The topological polar surface area (TPSA) is 75.4 Å². The highest BCUT2D eigenvalue weighted by atomic mass is 32.2. The molecule has 4 rings (SSSR count). The maximum absolute atomic E-state index is 11.4. The van der Waals surface area contributed by atoms with Crippen molar-refractivity contribution in [3.63, 3.8) is 0 Å². The van der Waals surface area contributed by atoms with Gasteiger partial charge in [0, 0.05) is 30.9 Å². The van der Waals surface area contributed by atoms with E-state index in [0.29, 0.717) is 6.04 Å². The molecule has 0 unspecified atom stereocenters. The zero-order valence-corrected chi connectivity index (χ0v) is 16.7. The van der Waals surface area contributed by atoms with Crippen LogP contribution in [0.3, 0.4) is 0 Å². The Balaban J connectivity index is 1.44. The highest BCUT2D eigenvalue weighted by Gasteiger charge is 2.24. The number of sulfonamides is 1. The smallest absolute Gasteiger partial charge is 0.238 e. The largest absolute Gasteiger partial charge is 0.370 e. The maximum atomic E-state index is 11.4. The minimum Gasteiger partial charge on any atom is -0.370 e. The molecule has 0 bridgehead atoms. The molecule has 2 atom stereocenters. The number of nitrogens with one attached hydrogen (secondary N) is 1. The van der Waals surface area contributed by atoms with E-state index in [1.807, 2.05) is 12.1 Å². The molecular weight excluding hydrogens is 370 g/mol. The van der Waals surface area contributed by atoms with Crippen LogP contribution in [0.25, 0.3) is 10.8 Å². The van der Waals surface area contributed by atoms with Crippen LogP contribution in [0.2, 0.25) is 0 Å². The third-order valence-electron chi connectivity index (χ3n) is 5.49. The fourth-order valence-electron chi connectivity index (χ4n) is 4.05. The second-order valence-electron chi connectivity index (χ2n) is 7.43. The third kappa shape index (κ3) is 3.90. The average Bonchev–Trinajstić information content (AvgIpc) is 3.15. The molecule has 1 heterocycles. The highest BCUT2D eigenvalue weighted by molar-refractivity contribution is 7.89. The minimum atomic E-state index is -3.65. The molecule has 1 aliphatic rings. The van der Waals surface area contributed by atoms with Crippen molar-refractivity contribution in [2.75, 3.05) is 18.0 Å². The SMILES string of the molecule is C[C@@H](N[C@H]1CCN(c2ccc(S(N)(=O)=O)cc2)C1)c1cccc2ccccc12. The van der Waals surface area contributed by atoms with Crippen LogP contribution in [-0.4, -0.2) is 27.5 Å². The van der Waals surface area contributed by atoms with Crippen LogP contribution >= 0.6 is 0 Å². The Morgan fingerprint density at radius 1 is 1.04 bits per heavy atom. The predicted molar refractivity (Wildman–Crippen MR) is 114 cm³/mol. The molecular formula is C22H25N3O2S.